The molecule has 0 heterocycles. The molecule has 2 amide bonds. The Bertz CT molecular complexity index is 415. The first-order valence-electron chi connectivity index (χ1n) is 6.24. The minimum atomic E-state index is -0.613. The molecule has 1 aromatic carbocycles. The number of rotatable bonds is 6. The molecule has 0 saturated carbocycles. The van der Waals surface area contributed by atoms with Gasteiger partial charge in [0.05, 0.1) is 0 Å². The summed E-state index contributed by atoms with van der Waals surface area (Å²) in [6, 6.07) is 7.77. The Hall–Kier alpha value is -1.88. The Morgan fingerprint density at radius 1 is 1.11 bits per heavy atom. The van der Waals surface area contributed by atoms with E-state index in [0.29, 0.717) is 26.1 Å². The predicted octanol–water partition coefficient (Wildman–Crippen LogP) is 0.764. The Labute approximate surface area is 113 Å². The summed E-state index contributed by atoms with van der Waals surface area (Å²) in [6.45, 7) is 3.34. The van der Waals surface area contributed by atoms with Crippen molar-refractivity contribution in [3.8, 4) is 0 Å². The highest BCUT2D eigenvalue weighted by molar-refractivity contribution is 6.35. The average molecular weight is 264 g/mol. The highest BCUT2D eigenvalue weighted by Crippen LogP contribution is 2.02. The summed E-state index contributed by atoms with van der Waals surface area (Å²) in [5.74, 6) is -1.22. The molecular weight excluding hydrogens is 244 g/mol. The molecule has 0 radical (unpaired) electrons. The number of hydrogen-bond donors (Lipinski definition) is 2. The van der Waals surface area contributed by atoms with Gasteiger partial charge in [-0.15, -0.1) is 0 Å². The molecule has 0 unspecified atom stereocenters. The summed E-state index contributed by atoms with van der Waals surface area (Å²) < 4.78 is 4.85. The van der Waals surface area contributed by atoms with Gasteiger partial charge in [0.25, 0.3) is 0 Å². The number of ether oxygens (including phenoxy) is 1. The van der Waals surface area contributed by atoms with Crippen LogP contribution >= 0.6 is 0 Å². The maximum Gasteiger partial charge on any atom is 0.309 e. The molecule has 0 bridgehead atoms. The molecule has 0 aliphatic heterocycles. The van der Waals surface area contributed by atoms with Gasteiger partial charge in [0.1, 0.15) is 0 Å². The average Bonchev–Trinajstić information content (AvgIpc) is 2.42. The van der Waals surface area contributed by atoms with Gasteiger partial charge in [0.15, 0.2) is 0 Å². The van der Waals surface area contributed by atoms with E-state index in [0.717, 1.165) is 11.1 Å². The fraction of sp³-hybridized carbons (Fsp3) is 0.429. The van der Waals surface area contributed by atoms with Gasteiger partial charge in [0.2, 0.25) is 0 Å². The lowest BCUT2D eigenvalue weighted by Gasteiger charge is -2.06. The highest BCUT2D eigenvalue weighted by atomic mass is 16.5. The molecule has 0 aliphatic rings. The summed E-state index contributed by atoms with van der Waals surface area (Å²) in [5, 5.41) is 5.11. The second-order valence-electron chi connectivity index (χ2n) is 4.27. The highest BCUT2D eigenvalue weighted by Gasteiger charge is 2.11. The summed E-state index contributed by atoms with van der Waals surface area (Å²) in [7, 11) is 1.59. The minimum Gasteiger partial charge on any atom is -0.385 e. The molecular formula is C14H20N2O3. The smallest absolute Gasteiger partial charge is 0.309 e. The number of benzene rings is 1. The lowest BCUT2D eigenvalue weighted by Crippen LogP contribution is -2.40. The molecule has 2 N–H and O–H groups in total. The normalized spacial score (nSPS) is 10.0. The lowest BCUT2D eigenvalue weighted by atomic mass is 10.1. The zero-order valence-corrected chi connectivity index (χ0v) is 11.4. The van der Waals surface area contributed by atoms with Crippen LogP contribution in [0.1, 0.15) is 17.5 Å². The molecule has 5 heteroatoms. The van der Waals surface area contributed by atoms with Gasteiger partial charge >= 0.3 is 11.8 Å². The van der Waals surface area contributed by atoms with Gasteiger partial charge in [0, 0.05) is 26.8 Å². The SMILES string of the molecule is COCCCNC(=O)C(=O)NCc1ccc(C)cc1. The first-order valence-corrected chi connectivity index (χ1v) is 6.24. The number of nitrogens with one attached hydrogen (secondary N) is 2. The van der Waals surface area contributed by atoms with E-state index >= 15 is 0 Å². The van der Waals surface area contributed by atoms with E-state index < -0.39 is 11.8 Å². The van der Waals surface area contributed by atoms with Crippen molar-refractivity contribution < 1.29 is 14.3 Å². The summed E-state index contributed by atoms with van der Waals surface area (Å²) in [4.78, 5) is 22.9. The van der Waals surface area contributed by atoms with Gasteiger partial charge in [-0.3, -0.25) is 9.59 Å². The van der Waals surface area contributed by atoms with Crippen LogP contribution in [0.5, 0.6) is 0 Å². The maximum atomic E-state index is 11.5. The third kappa shape index (κ3) is 6.01. The Balaban J connectivity index is 2.26. The topological polar surface area (TPSA) is 67.4 Å². The molecule has 0 aliphatic carbocycles. The van der Waals surface area contributed by atoms with Gasteiger partial charge in [-0.1, -0.05) is 29.8 Å². The van der Waals surface area contributed by atoms with Gasteiger partial charge in [-0.2, -0.15) is 0 Å². The number of carbonyl (C=O) groups excluding carboxylic acids is 2. The van der Waals surface area contributed by atoms with Crippen LogP contribution in [0.4, 0.5) is 0 Å². The van der Waals surface area contributed by atoms with Crippen LogP contribution in [0.3, 0.4) is 0 Å². The molecule has 0 spiro atoms. The lowest BCUT2D eigenvalue weighted by molar-refractivity contribution is -0.139. The third-order valence-corrected chi connectivity index (χ3v) is 2.59. The van der Waals surface area contributed by atoms with Crippen molar-refractivity contribution in [3.05, 3.63) is 35.4 Å². The van der Waals surface area contributed by atoms with Crippen LogP contribution in [0.2, 0.25) is 0 Å². The monoisotopic (exact) mass is 264 g/mol. The van der Waals surface area contributed by atoms with E-state index in [4.69, 9.17) is 4.74 Å². The van der Waals surface area contributed by atoms with Gasteiger partial charge in [-0.05, 0) is 18.9 Å². The second kappa shape index (κ2) is 8.26. The van der Waals surface area contributed by atoms with Crippen LogP contribution in [-0.4, -0.2) is 32.1 Å². The van der Waals surface area contributed by atoms with E-state index in [1.54, 1.807) is 7.11 Å². The summed E-state index contributed by atoms with van der Waals surface area (Å²) in [5.41, 5.74) is 2.12. The van der Waals surface area contributed by atoms with Crippen LogP contribution in [0.25, 0.3) is 0 Å². The first-order chi connectivity index (χ1) is 9.13. The van der Waals surface area contributed by atoms with Crippen molar-refractivity contribution in [2.45, 2.75) is 19.9 Å². The molecule has 5 nitrogen and oxygen atoms in total. The zero-order valence-electron chi connectivity index (χ0n) is 11.4. The number of carbonyl (C=O) groups is 2. The van der Waals surface area contributed by atoms with Crippen LogP contribution in [0, 0.1) is 6.92 Å². The van der Waals surface area contributed by atoms with E-state index in [1.165, 1.54) is 0 Å². The molecule has 19 heavy (non-hydrogen) atoms. The van der Waals surface area contributed by atoms with E-state index in [-0.39, 0.29) is 0 Å². The number of hydrogen-bond acceptors (Lipinski definition) is 3. The molecule has 0 atom stereocenters. The molecule has 0 aromatic heterocycles. The molecule has 1 aromatic rings. The molecule has 1 rings (SSSR count). The summed E-state index contributed by atoms with van der Waals surface area (Å²) >= 11 is 0. The van der Waals surface area contributed by atoms with Crippen molar-refractivity contribution >= 4 is 11.8 Å². The van der Waals surface area contributed by atoms with E-state index in [9.17, 15) is 9.59 Å². The Kier molecular flexibility index (Phi) is 6.60. The fourth-order valence-corrected chi connectivity index (χ4v) is 1.47. The molecule has 104 valence electrons. The second-order valence-corrected chi connectivity index (χ2v) is 4.27. The standard InChI is InChI=1S/C14H20N2O3/c1-11-4-6-12(7-5-11)10-16-14(18)13(17)15-8-3-9-19-2/h4-7H,3,8-10H2,1-2H3,(H,15,17)(H,16,18). The zero-order chi connectivity index (χ0) is 14.1. The number of aryl methyl sites for hydroxylation is 1. The number of amides is 2. The quantitative estimate of drug-likeness (QED) is 0.589. The fourth-order valence-electron chi connectivity index (χ4n) is 1.47. The van der Waals surface area contributed by atoms with Crippen molar-refractivity contribution in [1.82, 2.24) is 10.6 Å². The molecule has 0 fully saturated rings. The van der Waals surface area contributed by atoms with Crippen LogP contribution < -0.4 is 10.6 Å². The summed E-state index contributed by atoms with van der Waals surface area (Å²) in [6.07, 6.45) is 0.688. The third-order valence-electron chi connectivity index (χ3n) is 2.59. The van der Waals surface area contributed by atoms with Crippen molar-refractivity contribution in [3.63, 3.8) is 0 Å². The maximum absolute atomic E-state index is 11.5. The number of methoxy groups -OCH3 is 1. The van der Waals surface area contributed by atoms with Crippen molar-refractivity contribution in [2.24, 2.45) is 0 Å². The van der Waals surface area contributed by atoms with Crippen LogP contribution in [0.15, 0.2) is 24.3 Å². The van der Waals surface area contributed by atoms with E-state index in [1.807, 2.05) is 31.2 Å². The predicted molar refractivity (Wildman–Crippen MR) is 72.5 cm³/mol. The minimum absolute atomic E-state index is 0.352. The van der Waals surface area contributed by atoms with Crippen molar-refractivity contribution in [2.75, 3.05) is 20.3 Å². The van der Waals surface area contributed by atoms with Crippen molar-refractivity contribution in [1.29, 1.82) is 0 Å². The first kappa shape index (κ1) is 15.2. The Morgan fingerprint density at radius 2 is 1.74 bits per heavy atom. The molecule has 0 saturated heterocycles. The van der Waals surface area contributed by atoms with Crippen LogP contribution in [-0.2, 0) is 20.9 Å². The van der Waals surface area contributed by atoms with Gasteiger partial charge < -0.3 is 15.4 Å². The largest absolute Gasteiger partial charge is 0.385 e. The Morgan fingerprint density at radius 3 is 2.37 bits per heavy atom. The van der Waals surface area contributed by atoms with E-state index in [2.05, 4.69) is 10.6 Å². The van der Waals surface area contributed by atoms with Gasteiger partial charge in [-0.25, -0.2) is 0 Å².